The summed E-state index contributed by atoms with van der Waals surface area (Å²) in [5.41, 5.74) is 3.01. The number of anilines is 2. The fourth-order valence-electron chi connectivity index (χ4n) is 3.02. The molecule has 0 radical (unpaired) electrons. The number of nitrogens with one attached hydrogen (secondary N) is 1. The zero-order valence-corrected chi connectivity index (χ0v) is 14.3. The van der Waals surface area contributed by atoms with Crippen LogP contribution in [0.4, 0.5) is 16.4 Å². The highest BCUT2D eigenvalue weighted by atomic mass is 32.1. The minimum absolute atomic E-state index is 0.899. The fourth-order valence-corrected chi connectivity index (χ4v) is 3.96. The molecule has 0 aliphatic carbocycles. The standard InChI is InChI=1S/C17H19N5OS/c1-21-6-8-22(9-7-21)16-13-10-12(11-18-23)24-17(13)20-15-5-3-2-4-14(15)19-16/h2-5,10-11,20,23H,6-9H2,1H3/b18-11+. The number of likely N-dealkylation sites (N-methyl/N-ethyl adjacent to an activating group) is 1. The number of aliphatic imine (C=N–C) groups is 1. The van der Waals surface area contributed by atoms with E-state index >= 15 is 0 Å². The Bertz CT molecular complexity index is 805. The van der Waals surface area contributed by atoms with E-state index in [0.717, 1.165) is 58.8 Å². The third kappa shape index (κ3) is 2.76. The van der Waals surface area contributed by atoms with Crippen LogP contribution in [0.5, 0.6) is 0 Å². The largest absolute Gasteiger partial charge is 0.411 e. The number of hydrogen-bond acceptors (Lipinski definition) is 7. The van der Waals surface area contributed by atoms with E-state index in [2.05, 4.69) is 27.3 Å². The van der Waals surface area contributed by atoms with Crippen molar-refractivity contribution in [1.82, 2.24) is 9.80 Å². The molecule has 2 aliphatic heterocycles. The predicted molar refractivity (Wildman–Crippen MR) is 98.7 cm³/mol. The van der Waals surface area contributed by atoms with Gasteiger partial charge in [0.25, 0.3) is 0 Å². The van der Waals surface area contributed by atoms with Gasteiger partial charge in [0.05, 0.1) is 28.0 Å². The molecular formula is C17H19N5OS. The number of oxime groups is 1. The van der Waals surface area contributed by atoms with Crippen molar-refractivity contribution in [1.29, 1.82) is 0 Å². The molecule has 2 N–H and O–H groups in total. The van der Waals surface area contributed by atoms with E-state index in [-0.39, 0.29) is 0 Å². The topological polar surface area (TPSA) is 63.5 Å². The van der Waals surface area contributed by atoms with Crippen LogP contribution in [0.25, 0.3) is 0 Å². The molecular weight excluding hydrogens is 322 g/mol. The lowest BCUT2D eigenvalue weighted by molar-refractivity contribution is 0.216. The molecule has 1 aromatic carbocycles. The third-order valence-electron chi connectivity index (χ3n) is 4.36. The minimum atomic E-state index is 0.899. The molecule has 2 aliphatic rings. The van der Waals surface area contributed by atoms with Gasteiger partial charge in [-0.3, -0.25) is 0 Å². The Morgan fingerprint density at radius 1 is 1.25 bits per heavy atom. The van der Waals surface area contributed by atoms with Crippen molar-refractivity contribution in [2.45, 2.75) is 0 Å². The highest BCUT2D eigenvalue weighted by Crippen LogP contribution is 2.39. The van der Waals surface area contributed by atoms with Gasteiger partial charge in [0.15, 0.2) is 0 Å². The molecule has 7 heteroatoms. The lowest BCUT2D eigenvalue weighted by Crippen LogP contribution is -2.47. The summed E-state index contributed by atoms with van der Waals surface area (Å²) in [6.45, 7) is 3.96. The molecule has 2 aromatic rings. The molecule has 3 heterocycles. The van der Waals surface area contributed by atoms with Crippen LogP contribution in [0.2, 0.25) is 0 Å². The second-order valence-electron chi connectivity index (χ2n) is 6.00. The first kappa shape index (κ1) is 15.2. The Balaban J connectivity index is 1.81. The molecule has 0 atom stereocenters. The van der Waals surface area contributed by atoms with Crippen LogP contribution in [0.1, 0.15) is 10.4 Å². The number of thiophene rings is 1. The number of amidine groups is 1. The number of benzene rings is 1. The average molecular weight is 341 g/mol. The van der Waals surface area contributed by atoms with Crippen LogP contribution in [0, 0.1) is 0 Å². The molecule has 124 valence electrons. The molecule has 0 saturated carbocycles. The van der Waals surface area contributed by atoms with Crippen LogP contribution in [-0.2, 0) is 0 Å². The highest BCUT2D eigenvalue weighted by Gasteiger charge is 2.25. The van der Waals surface area contributed by atoms with Gasteiger partial charge in [-0.05, 0) is 25.2 Å². The summed E-state index contributed by atoms with van der Waals surface area (Å²) in [7, 11) is 2.15. The summed E-state index contributed by atoms with van der Waals surface area (Å²) in [6, 6.07) is 10.1. The highest BCUT2D eigenvalue weighted by molar-refractivity contribution is 7.18. The van der Waals surface area contributed by atoms with E-state index in [4.69, 9.17) is 10.2 Å². The van der Waals surface area contributed by atoms with Crippen LogP contribution >= 0.6 is 11.3 Å². The van der Waals surface area contributed by atoms with Crippen molar-refractivity contribution >= 4 is 39.8 Å². The van der Waals surface area contributed by atoms with E-state index in [9.17, 15) is 0 Å². The van der Waals surface area contributed by atoms with Crippen molar-refractivity contribution in [2.75, 3.05) is 38.5 Å². The quantitative estimate of drug-likeness (QED) is 0.476. The van der Waals surface area contributed by atoms with Gasteiger partial charge in [-0.2, -0.15) is 0 Å². The number of piperazine rings is 1. The summed E-state index contributed by atoms with van der Waals surface area (Å²) in [4.78, 5) is 10.5. The summed E-state index contributed by atoms with van der Waals surface area (Å²) < 4.78 is 0. The van der Waals surface area contributed by atoms with E-state index in [1.807, 2.05) is 30.3 Å². The molecule has 0 spiro atoms. The second-order valence-corrected chi connectivity index (χ2v) is 7.09. The van der Waals surface area contributed by atoms with E-state index < -0.39 is 0 Å². The zero-order valence-electron chi connectivity index (χ0n) is 13.4. The first-order chi connectivity index (χ1) is 11.7. The molecule has 6 nitrogen and oxygen atoms in total. The molecule has 0 amide bonds. The van der Waals surface area contributed by atoms with E-state index in [1.165, 1.54) is 6.21 Å². The normalized spacial score (nSPS) is 17.9. The van der Waals surface area contributed by atoms with Crippen LogP contribution in [-0.4, -0.2) is 60.3 Å². The first-order valence-electron chi connectivity index (χ1n) is 7.94. The summed E-state index contributed by atoms with van der Waals surface area (Å²) >= 11 is 1.57. The Labute approximate surface area is 144 Å². The smallest absolute Gasteiger partial charge is 0.139 e. The number of fused-ring (bicyclic) bond motifs is 2. The van der Waals surface area contributed by atoms with Gasteiger partial charge in [0.1, 0.15) is 10.8 Å². The number of nitrogens with zero attached hydrogens (tertiary/aromatic N) is 4. The fraction of sp³-hybridized carbons (Fsp3) is 0.294. The Kier molecular flexibility index (Phi) is 3.95. The lowest BCUT2D eigenvalue weighted by atomic mass is 10.2. The van der Waals surface area contributed by atoms with Gasteiger partial charge in [0, 0.05) is 26.2 Å². The van der Waals surface area contributed by atoms with Crippen LogP contribution in [0.3, 0.4) is 0 Å². The monoisotopic (exact) mass is 341 g/mol. The maximum atomic E-state index is 8.85. The van der Waals surface area contributed by atoms with Gasteiger partial charge in [-0.15, -0.1) is 11.3 Å². The molecule has 1 fully saturated rings. The maximum Gasteiger partial charge on any atom is 0.139 e. The molecule has 1 saturated heterocycles. The summed E-state index contributed by atoms with van der Waals surface area (Å²) in [5, 5.41) is 16.5. The van der Waals surface area contributed by atoms with E-state index in [0.29, 0.717) is 0 Å². The summed E-state index contributed by atoms with van der Waals surface area (Å²) in [5.74, 6) is 0.990. The van der Waals surface area contributed by atoms with Gasteiger partial charge >= 0.3 is 0 Å². The number of rotatable bonds is 1. The minimum Gasteiger partial charge on any atom is -0.411 e. The maximum absolute atomic E-state index is 8.85. The van der Waals surface area contributed by atoms with Crippen molar-refractivity contribution in [3.8, 4) is 0 Å². The zero-order chi connectivity index (χ0) is 16.5. The molecule has 4 rings (SSSR count). The number of para-hydroxylation sites is 2. The molecule has 0 bridgehead atoms. The SMILES string of the molecule is CN1CCN(C2=Nc3ccccc3Nc3sc(/C=N/O)cc32)CC1. The van der Waals surface area contributed by atoms with Gasteiger partial charge in [-0.25, -0.2) is 4.99 Å². The van der Waals surface area contributed by atoms with Gasteiger partial charge in [-0.1, -0.05) is 17.3 Å². The molecule has 24 heavy (non-hydrogen) atoms. The van der Waals surface area contributed by atoms with Crippen molar-refractivity contribution in [2.24, 2.45) is 10.1 Å². The molecule has 1 aromatic heterocycles. The van der Waals surface area contributed by atoms with Crippen molar-refractivity contribution in [3.63, 3.8) is 0 Å². The third-order valence-corrected chi connectivity index (χ3v) is 5.34. The van der Waals surface area contributed by atoms with Crippen LogP contribution in [0.15, 0.2) is 40.5 Å². The average Bonchev–Trinajstić information content (AvgIpc) is 2.91. The van der Waals surface area contributed by atoms with Crippen LogP contribution < -0.4 is 5.32 Å². The number of hydrogen-bond donors (Lipinski definition) is 2. The predicted octanol–water partition coefficient (Wildman–Crippen LogP) is 2.94. The van der Waals surface area contributed by atoms with Gasteiger partial charge < -0.3 is 20.3 Å². The first-order valence-corrected chi connectivity index (χ1v) is 8.76. The lowest BCUT2D eigenvalue weighted by Gasteiger charge is -2.34. The second kappa shape index (κ2) is 6.26. The molecule has 0 unspecified atom stereocenters. The summed E-state index contributed by atoms with van der Waals surface area (Å²) in [6.07, 6.45) is 1.47. The Morgan fingerprint density at radius 3 is 2.83 bits per heavy atom. The Hall–Kier alpha value is -2.38. The van der Waals surface area contributed by atoms with Gasteiger partial charge in [0.2, 0.25) is 0 Å². The van der Waals surface area contributed by atoms with E-state index in [1.54, 1.807) is 11.3 Å². The Morgan fingerprint density at radius 2 is 2.04 bits per heavy atom. The van der Waals surface area contributed by atoms with Crippen molar-refractivity contribution < 1.29 is 5.21 Å². The van der Waals surface area contributed by atoms with Crippen molar-refractivity contribution in [3.05, 3.63) is 40.8 Å².